The van der Waals surface area contributed by atoms with Gasteiger partial charge in [0.1, 0.15) is 0 Å². The van der Waals surface area contributed by atoms with Gasteiger partial charge in [0.25, 0.3) is 5.91 Å². The van der Waals surface area contributed by atoms with E-state index in [0.29, 0.717) is 23.8 Å². The van der Waals surface area contributed by atoms with Crippen LogP contribution in [0.4, 0.5) is 0 Å². The van der Waals surface area contributed by atoms with Crippen LogP contribution in [0.3, 0.4) is 0 Å². The number of benzene rings is 1. The molecule has 24 heavy (non-hydrogen) atoms. The first-order valence-corrected chi connectivity index (χ1v) is 7.96. The van der Waals surface area contributed by atoms with Gasteiger partial charge in [-0.05, 0) is 38.5 Å². The number of nitrogens with zero attached hydrogens (tertiary/aromatic N) is 3. The number of hydrogen-bond acceptors (Lipinski definition) is 5. The molecular formula is C18H20N4O2. The van der Waals surface area contributed by atoms with Gasteiger partial charge in [0.15, 0.2) is 0 Å². The Morgan fingerprint density at radius 2 is 1.88 bits per heavy atom. The van der Waals surface area contributed by atoms with Gasteiger partial charge in [-0.3, -0.25) is 9.78 Å². The fourth-order valence-electron chi connectivity index (χ4n) is 2.75. The maximum absolute atomic E-state index is 12.7. The Morgan fingerprint density at radius 1 is 1.12 bits per heavy atom. The van der Waals surface area contributed by atoms with Gasteiger partial charge in [-0.15, -0.1) is 10.2 Å². The van der Waals surface area contributed by atoms with E-state index >= 15 is 0 Å². The smallest absolute Gasteiger partial charge is 0.252 e. The maximum atomic E-state index is 12.7. The number of rotatable bonds is 4. The highest BCUT2D eigenvalue weighted by atomic mass is 16.4. The number of aryl methyl sites for hydroxylation is 4. The molecule has 0 aliphatic carbocycles. The predicted molar refractivity (Wildman–Crippen MR) is 90.8 cm³/mol. The number of carbonyl (C=O) groups is 1. The zero-order valence-corrected chi connectivity index (χ0v) is 14.3. The Kier molecular flexibility index (Phi) is 4.29. The lowest BCUT2D eigenvalue weighted by Crippen LogP contribution is -2.23. The van der Waals surface area contributed by atoms with Crippen LogP contribution in [-0.4, -0.2) is 21.1 Å². The van der Waals surface area contributed by atoms with Crippen molar-refractivity contribution in [3.05, 3.63) is 52.4 Å². The minimum absolute atomic E-state index is 0.174. The molecule has 0 bridgehead atoms. The van der Waals surface area contributed by atoms with E-state index in [1.807, 2.05) is 39.8 Å². The molecule has 1 N–H and O–H groups in total. The second kappa shape index (κ2) is 6.39. The number of fused-ring (bicyclic) bond motifs is 1. The first-order valence-electron chi connectivity index (χ1n) is 7.96. The van der Waals surface area contributed by atoms with E-state index in [-0.39, 0.29) is 12.5 Å². The van der Waals surface area contributed by atoms with Crippen molar-refractivity contribution >= 4 is 16.8 Å². The summed E-state index contributed by atoms with van der Waals surface area (Å²) in [7, 11) is 0. The third-order valence-electron chi connectivity index (χ3n) is 3.83. The van der Waals surface area contributed by atoms with E-state index < -0.39 is 0 Å². The van der Waals surface area contributed by atoms with Crippen LogP contribution in [0.15, 0.2) is 22.6 Å². The number of pyridine rings is 1. The van der Waals surface area contributed by atoms with E-state index in [0.717, 1.165) is 27.7 Å². The number of hydrogen-bond donors (Lipinski definition) is 1. The van der Waals surface area contributed by atoms with E-state index in [1.54, 1.807) is 0 Å². The molecule has 0 spiro atoms. The van der Waals surface area contributed by atoms with Gasteiger partial charge in [-0.25, -0.2) is 0 Å². The summed E-state index contributed by atoms with van der Waals surface area (Å²) in [5.74, 6) is 0.796. The Bertz CT molecular complexity index is 915. The molecule has 0 saturated carbocycles. The van der Waals surface area contributed by atoms with Gasteiger partial charge in [0.2, 0.25) is 11.8 Å². The molecule has 1 aromatic carbocycles. The second-order valence-corrected chi connectivity index (χ2v) is 5.91. The molecule has 6 heteroatoms. The third kappa shape index (κ3) is 3.13. The van der Waals surface area contributed by atoms with Gasteiger partial charge in [-0.1, -0.05) is 18.6 Å². The van der Waals surface area contributed by atoms with Crippen LogP contribution < -0.4 is 5.32 Å². The van der Waals surface area contributed by atoms with Gasteiger partial charge < -0.3 is 9.73 Å². The van der Waals surface area contributed by atoms with Crippen molar-refractivity contribution in [1.82, 2.24) is 20.5 Å². The number of carbonyl (C=O) groups excluding carboxylic acids is 1. The first kappa shape index (κ1) is 16.1. The lowest BCUT2D eigenvalue weighted by Gasteiger charge is -2.10. The molecule has 0 aliphatic rings. The summed E-state index contributed by atoms with van der Waals surface area (Å²) in [6, 6.07) is 5.87. The highest BCUT2D eigenvalue weighted by Crippen LogP contribution is 2.23. The molecule has 6 nitrogen and oxygen atoms in total. The van der Waals surface area contributed by atoms with Crippen molar-refractivity contribution in [2.24, 2.45) is 0 Å². The average Bonchev–Trinajstić information content (AvgIpc) is 3.01. The van der Waals surface area contributed by atoms with E-state index in [2.05, 4.69) is 26.6 Å². The van der Waals surface area contributed by atoms with Crippen LogP contribution in [0, 0.1) is 20.8 Å². The summed E-state index contributed by atoms with van der Waals surface area (Å²) in [4.78, 5) is 17.2. The number of nitrogens with one attached hydrogen (secondary N) is 1. The van der Waals surface area contributed by atoms with Gasteiger partial charge >= 0.3 is 0 Å². The molecule has 124 valence electrons. The van der Waals surface area contributed by atoms with Crippen LogP contribution in [0.25, 0.3) is 10.9 Å². The van der Waals surface area contributed by atoms with E-state index in [9.17, 15) is 4.79 Å². The second-order valence-electron chi connectivity index (χ2n) is 5.91. The summed E-state index contributed by atoms with van der Waals surface area (Å²) in [6.45, 7) is 8.06. The van der Waals surface area contributed by atoms with Gasteiger partial charge in [0.05, 0.1) is 17.6 Å². The van der Waals surface area contributed by atoms with Crippen molar-refractivity contribution < 1.29 is 9.21 Å². The summed E-state index contributed by atoms with van der Waals surface area (Å²) in [5.41, 5.74) is 4.44. The molecular weight excluding hydrogens is 304 g/mol. The average molecular weight is 324 g/mol. The van der Waals surface area contributed by atoms with Crippen LogP contribution in [-0.2, 0) is 13.0 Å². The zero-order chi connectivity index (χ0) is 17.3. The number of aromatic nitrogens is 3. The highest BCUT2D eigenvalue weighted by Gasteiger charge is 2.15. The molecule has 0 aliphatic heterocycles. The van der Waals surface area contributed by atoms with Gasteiger partial charge in [0, 0.05) is 17.5 Å². The monoisotopic (exact) mass is 324 g/mol. The zero-order valence-electron chi connectivity index (χ0n) is 14.3. The Hall–Kier alpha value is -2.76. The Balaban J connectivity index is 1.91. The molecule has 0 atom stereocenters. The van der Waals surface area contributed by atoms with Crippen molar-refractivity contribution in [2.75, 3.05) is 0 Å². The summed E-state index contributed by atoms with van der Waals surface area (Å²) in [6.07, 6.45) is 0.674. The molecule has 0 saturated heterocycles. The molecule has 2 aromatic heterocycles. The molecule has 3 aromatic rings. The molecule has 2 heterocycles. The SMILES string of the molecule is CCc1nnc(CNC(=O)c2cc(C)nc3c(C)cc(C)cc23)o1. The minimum Gasteiger partial charge on any atom is -0.423 e. The summed E-state index contributed by atoms with van der Waals surface area (Å²) < 4.78 is 5.42. The minimum atomic E-state index is -0.174. The highest BCUT2D eigenvalue weighted by molar-refractivity contribution is 6.07. The van der Waals surface area contributed by atoms with Crippen LogP contribution in [0.5, 0.6) is 0 Å². The first-order chi connectivity index (χ1) is 11.5. The van der Waals surface area contributed by atoms with Crippen molar-refractivity contribution in [1.29, 1.82) is 0 Å². The van der Waals surface area contributed by atoms with Crippen molar-refractivity contribution in [2.45, 2.75) is 40.7 Å². The van der Waals surface area contributed by atoms with E-state index in [4.69, 9.17) is 4.42 Å². The lowest BCUT2D eigenvalue weighted by molar-refractivity contribution is 0.0948. The molecule has 0 radical (unpaired) electrons. The lowest BCUT2D eigenvalue weighted by atomic mass is 10.0. The molecule has 0 fully saturated rings. The summed E-state index contributed by atoms with van der Waals surface area (Å²) in [5, 5.41) is 11.5. The van der Waals surface area contributed by atoms with Gasteiger partial charge in [-0.2, -0.15) is 0 Å². The topological polar surface area (TPSA) is 80.9 Å². The molecule has 0 unspecified atom stereocenters. The van der Waals surface area contributed by atoms with Crippen LogP contribution >= 0.6 is 0 Å². The van der Waals surface area contributed by atoms with Crippen LogP contribution in [0.2, 0.25) is 0 Å². The number of amides is 1. The Morgan fingerprint density at radius 3 is 2.58 bits per heavy atom. The fraction of sp³-hybridized carbons (Fsp3) is 0.333. The quantitative estimate of drug-likeness (QED) is 0.798. The largest absolute Gasteiger partial charge is 0.423 e. The Labute approximate surface area is 140 Å². The standard InChI is InChI=1S/C18H20N4O2/c1-5-15-21-22-16(24-15)9-19-18(23)14-8-12(4)20-17-11(3)6-10(2)7-13(14)17/h6-8H,5,9H2,1-4H3,(H,19,23). The maximum Gasteiger partial charge on any atom is 0.252 e. The van der Waals surface area contributed by atoms with Crippen molar-refractivity contribution in [3.63, 3.8) is 0 Å². The van der Waals surface area contributed by atoms with E-state index in [1.165, 1.54) is 0 Å². The molecule has 1 amide bonds. The normalized spacial score (nSPS) is 11.0. The predicted octanol–water partition coefficient (Wildman–Crippen LogP) is 3.04. The fourth-order valence-corrected chi connectivity index (χ4v) is 2.75. The third-order valence-corrected chi connectivity index (χ3v) is 3.83. The molecule has 3 rings (SSSR count). The van der Waals surface area contributed by atoms with Crippen LogP contribution in [0.1, 0.15) is 45.9 Å². The summed E-state index contributed by atoms with van der Waals surface area (Å²) >= 11 is 0. The van der Waals surface area contributed by atoms with Crippen molar-refractivity contribution in [3.8, 4) is 0 Å².